The van der Waals surface area contributed by atoms with Crippen LogP contribution in [-0.2, 0) is 4.79 Å². The maximum Gasteiger partial charge on any atom is 0.289 e. The topological polar surface area (TPSA) is 74.1 Å². The number of hydrogen-bond donors (Lipinski definition) is 0. The summed E-state index contributed by atoms with van der Waals surface area (Å²) in [6.45, 7) is 3.01. The third-order valence-corrected chi connectivity index (χ3v) is 6.01. The molecule has 3 heterocycles. The van der Waals surface area contributed by atoms with Crippen molar-refractivity contribution >= 4 is 29.3 Å². The molecule has 30 heavy (non-hydrogen) atoms. The lowest BCUT2D eigenvalue weighted by molar-refractivity contribution is -0.138. The maximum atomic E-state index is 13.1. The van der Waals surface area contributed by atoms with Crippen LogP contribution in [0.15, 0.2) is 47.1 Å². The van der Waals surface area contributed by atoms with Crippen LogP contribution in [0.5, 0.6) is 0 Å². The van der Waals surface area contributed by atoms with Crippen LogP contribution in [0.4, 0.5) is 0 Å². The summed E-state index contributed by atoms with van der Waals surface area (Å²) < 4.78 is 5.18. The smallest absolute Gasteiger partial charge is 0.289 e. The first-order valence-corrected chi connectivity index (χ1v) is 10.6. The number of amides is 3. The quantitative estimate of drug-likeness (QED) is 0.752. The molecule has 2 saturated heterocycles. The monoisotopic (exact) mass is 429 g/mol. The van der Waals surface area contributed by atoms with Gasteiger partial charge in [0.05, 0.1) is 12.2 Å². The van der Waals surface area contributed by atoms with Crippen LogP contribution in [0.2, 0.25) is 5.02 Å². The van der Waals surface area contributed by atoms with Crippen molar-refractivity contribution in [3.05, 3.63) is 59.0 Å². The van der Waals surface area contributed by atoms with Crippen molar-refractivity contribution in [3.8, 4) is 0 Å². The summed E-state index contributed by atoms with van der Waals surface area (Å²) in [7, 11) is 0. The second-order valence-electron chi connectivity index (χ2n) is 7.69. The van der Waals surface area contributed by atoms with Crippen molar-refractivity contribution in [1.29, 1.82) is 0 Å². The van der Waals surface area contributed by atoms with Crippen molar-refractivity contribution in [1.82, 2.24) is 14.7 Å². The van der Waals surface area contributed by atoms with E-state index >= 15 is 0 Å². The Hall–Kier alpha value is -2.80. The van der Waals surface area contributed by atoms with Gasteiger partial charge in [-0.1, -0.05) is 11.6 Å². The molecule has 1 aromatic carbocycles. The number of halogens is 1. The van der Waals surface area contributed by atoms with E-state index < -0.39 is 0 Å². The molecule has 2 fully saturated rings. The molecule has 0 bridgehead atoms. The molecule has 4 rings (SSSR count). The lowest BCUT2D eigenvalue weighted by atomic mass is 9.95. The molecular weight excluding hydrogens is 406 g/mol. The van der Waals surface area contributed by atoms with Crippen molar-refractivity contribution < 1.29 is 18.8 Å². The highest BCUT2D eigenvalue weighted by Gasteiger charge is 2.33. The van der Waals surface area contributed by atoms with Gasteiger partial charge in [-0.3, -0.25) is 14.4 Å². The Bertz CT molecular complexity index is 905. The fourth-order valence-electron chi connectivity index (χ4n) is 4.08. The van der Waals surface area contributed by atoms with Gasteiger partial charge >= 0.3 is 0 Å². The molecule has 3 amide bonds. The third kappa shape index (κ3) is 4.36. The molecule has 0 radical (unpaired) electrons. The van der Waals surface area contributed by atoms with Gasteiger partial charge in [-0.25, -0.2) is 0 Å². The Morgan fingerprint density at radius 2 is 1.57 bits per heavy atom. The van der Waals surface area contributed by atoms with Crippen LogP contribution < -0.4 is 0 Å². The number of rotatable bonds is 3. The summed E-state index contributed by atoms with van der Waals surface area (Å²) in [6.07, 6.45) is 3.05. The van der Waals surface area contributed by atoms with Gasteiger partial charge in [0.15, 0.2) is 5.76 Å². The van der Waals surface area contributed by atoms with Crippen molar-refractivity contribution in [2.45, 2.75) is 12.8 Å². The van der Waals surface area contributed by atoms with Crippen LogP contribution >= 0.6 is 11.6 Å². The van der Waals surface area contributed by atoms with Gasteiger partial charge in [-0.15, -0.1) is 0 Å². The second-order valence-corrected chi connectivity index (χ2v) is 8.13. The lowest BCUT2D eigenvalue weighted by Crippen LogP contribution is -2.54. The molecule has 2 aromatic rings. The fourth-order valence-corrected chi connectivity index (χ4v) is 4.21. The Kier molecular flexibility index (Phi) is 6.08. The molecular formula is C22H24ClN3O4. The van der Waals surface area contributed by atoms with E-state index in [0.717, 1.165) is 12.8 Å². The summed E-state index contributed by atoms with van der Waals surface area (Å²) in [5.74, 6) is -0.0445. The van der Waals surface area contributed by atoms with Crippen LogP contribution in [0, 0.1) is 5.92 Å². The van der Waals surface area contributed by atoms with Crippen LogP contribution in [0.1, 0.15) is 33.8 Å². The number of piperazine rings is 1. The number of benzene rings is 1. The van der Waals surface area contributed by atoms with E-state index in [0.29, 0.717) is 55.6 Å². The van der Waals surface area contributed by atoms with Gasteiger partial charge in [-0.2, -0.15) is 0 Å². The first kappa shape index (κ1) is 20.5. The molecule has 0 spiro atoms. The van der Waals surface area contributed by atoms with E-state index in [4.69, 9.17) is 16.0 Å². The number of piperidine rings is 1. The number of carbonyl (C=O) groups is 3. The van der Waals surface area contributed by atoms with Gasteiger partial charge in [0, 0.05) is 49.9 Å². The summed E-state index contributed by atoms with van der Waals surface area (Å²) in [4.78, 5) is 43.5. The number of furan rings is 1. The predicted molar refractivity (Wildman–Crippen MR) is 111 cm³/mol. The molecule has 1 unspecified atom stereocenters. The Balaban J connectivity index is 1.33. The first-order valence-electron chi connectivity index (χ1n) is 10.2. The van der Waals surface area contributed by atoms with Gasteiger partial charge < -0.3 is 19.1 Å². The number of nitrogens with zero attached hydrogens (tertiary/aromatic N) is 3. The van der Waals surface area contributed by atoms with Gasteiger partial charge in [0.25, 0.3) is 11.8 Å². The highest BCUT2D eigenvalue weighted by atomic mass is 35.5. The van der Waals surface area contributed by atoms with E-state index in [9.17, 15) is 14.4 Å². The number of hydrogen-bond acceptors (Lipinski definition) is 4. The lowest BCUT2D eigenvalue weighted by Gasteiger charge is -2.38. The van der Waals surface area contributed by atoms with Crippen LogP contribution in [0.3, 0.4) is 0 Å². The van der Waals surface area contributed by atoms with Gasteiger partial charge in [-0.05, 0) is 49.2 Å². The molecule has 0 aliphatic carbocycles. The minimum Gasteiger partial charge on any atom is -0.459 e. The summed E-state index contributed by atoms with van der Waals surface area (Å²) in [5, 5.41) is 0.586. The zero-order valence-corrected chi connectivity index (χ0v) is 17.4. The van der Waals surface area contributed by atoms with Crippen molar-refractivity contribution in [2.24, 2.45) is 5.92 Å². The number of carbonyl (C=O) groups excluding carboxylic acids is 3. The largest absolute Gasteiger partial charge is 0.459 e. The Morgan fingerprint density at radius 3 is 2.23 bits per heavy atom. The molecule has 1 atom stereocenters. The second kappa shape index (κ2) is 8.92. The molecule has 0 saturated carbocycles. The van der Waals surface area contributed by atoms with E-state index in [-0.39, 0.29) is 23.6 Å². The first-order chi connectivity index (χ1) is 14.5. The molecule has 1 aromatic heterocycles. The highest BCUT2D eigenvalue weighted by molar-refractivity contribution is 6.30. The fraction of sp³-hybridized carbons (Fsp3) is 0.409. The van der Waals surface area contributed by atoms with E-state index in [2.05, 4.69) is 0 Å². The third-order valence-electron chi connectivity index (χ3n) is 5.76. The van der Waals surface area contributed by atoms with E-state index in [1.807, 2.05) is 4.90 Å². The maximum absolute atomic E-state index is 13.1. The zero-order valence-electron chi connectivity index (χ0n) is 16.6. The average molecular weight is 430 g/mol. The molecule has 158 valence electrons. The van der Waals surface area contributed by atoms with Gasteiger partial charge in [0.1, 0.15) is 0 Å². The summed E-state index contributed by atoms with van der Waals surface area (Å²) >= 11 is 5.91. The van der Waals surface area contributed by atoms with Crippen molar-refractivity contribution in [2.75, 3.05) is 39.3 Å². The average Bonchev–Trinajstić information content (AvgIpc) is 3.33. The summed E-state index contributed by atoms with van der Waals surface area (Å²) in [5.41, 5.74) is 0.581. The normalized spacial score (nSPS) is 19.6. The van der Waals surface area contributed by atoms with E-state index in [1.54, 1.807) is 46.2 Å². The summed E-state index contributed by atoms with van der Waals surface area (Å²) in [6, 6.07) is 10.2. The number of likely N-dealkylation sites (tertiary alicyclic amines) is 1. The van der Waals surface area contributed by atoms with E-state index in [1.165, 1.54) is 6.26 Å². The Labute approximate surface area is 180 Å². The molecule has 2 aliphatic rings. The molecule has 7 nitrogen and oxygen atoms in total. The highest BCUT2D eigenvalue weighted by Crippen LogP contribution is 2.22. The molecule has 2 aliphatic heterocycles. The predicted octanol–water partition coefficient (Wildman–Crippen LogP) is 2.77. The van der Waals surface area contributed by atoms with Crippen molar-refractivity contribution in [3.63, 3.8) is 0 Å². The Morgan fingerprint density at radius 1 is 0.867 bits per heavy atom. The minimum absolute atomic E-state index is 0.0636. The zero-order chi connectivity index (χ0) is 21.1. The van der Waals surface area contributed by atoms with Crippen LogP contribution in [0.25, 0.3) is 0 Å². The van der Waals surface area contributed by atoms with Gasteiger partial charge in [0.2, 0.25) is 5.91 Å². The minimum atomic E-state index is -0.206. The van der Waals surface area contributed by atoms with Crippen LogP contribution in [-0.4, -0.2) is 71.7 Å². The SMILES string of the molecule is O=C(c1ccc(Cl)cc1)N1CCCC(C(=O)N2CCN(C(=O)c3ccco3)CC2)C1. The standard InChI is InChI=1S/C22H24ClN3O4/c23-18-7-5-16(6-8-18)20(27)26-9-1-3-17(15-26)21(28)24-10-12-25(13-11-24)22(29)19-4-2-14-30-19/h2,4-8,14,17H,1,3,9-13,15H2. The molecule has 8 heteroatoms. The molecule has 0 N–H and O–H groups in total.